The van der Waals surface area contributed by atoms with E-state index in [1.165, 1.54) is 12.1 Å². The van der Waals surface area contributed by atoms with E-state index in [4.69, 9.17) is 0 Å². The molecule has 0 aromatic heterocycles. The van der Waals surface area contributed by atoms with Gasteiger partial charge in [-0.25, -0.2) is 0 Å². The van der Waals surface area contributed by atoms with Crippen LogP contribution < -0.4 is 16.9 Å². The first-order valence-electron chi connectivity index (χ1n) is 4.20. The SMILES string of the molecule is C[N+](C)(C)c1cccc(C(F)(F)F)c1.[Cl-]. The monoisotopic (exact) mass is 239 g/mol. The van der Waals surface area contributed by atoms with Gasteiger partial charge in [-0.15, -0.1) is 0 Å². The molecule has 15 heavy (non-hydrogen) atoms. The van der Waals surface area contributed by atoms with E-state index in [-0.39, 0.29) is 12.4 Å². The lowest BCUT2D eigenvalue weighted by Crippen LogP contribution is -3.00. The summed E-state index contributed by atoms with van der Waals surface area (Å²) >= 11 is 0. The van der Waals surface area contributed by atoms with Crippen molar-refractivity contribution in [1.82, 2.24) is 4.48 Å². The number of benzene rings is 1. The van der Waals surface area contributed by atoms with Crippen LogP contribution in [-0.2, 0) is 6.18 Å². The van der Waals surface area contributed by atoms with Crippen LogP contribution in [0.25, 0.3) is 0 Å². The molecule has 0 saturated heterocycles. The number of hydrogen-bond acceptors (Lipinski definition) is 0. The fourth-order valence-electron chi connectivity index (χ4n) is 1.10. The average Bonchev–Trinajstić information content (AvgIpc) is 2.01. The van der Waals surface area contributed by atoms with E-state index in [1.807, 2.05) is 21.1 Å². The zero-order valence-corrected chi connectivity index (χ0v) is 9.52. The van der Waals surface area contributed by atoms with Crippen LogP contribution in [0.15, 0.2) is 24.3 Å². The highest BCUT2D eigenvalue weighted by atomic mass is 35.5. The highest BCUT2D eigenvalue weighted by molar-refractivity contribution is 5.44. The molecule has 0 fully saturated rings. The third-order valence-electron chi connectivity index (χ3n) is 1.95. The van der Waals surface area contributed by atoms with Crippen LogP contribution in [0.5, 0.6) is 0 Å². The first kappa shape index (κ1) is 14.3. The Bertz CT molecular complexity index is 299. The number of quaternary nitrogens is 1. The third-order valence-corrected chi connectivity index (χ3v) is 1.95. The van der Waals surface area contributed by atoms with Gasteiger partial charge in [-0.3, -0.25) is 4.48 Å². The van der Waals surface area contributed by atoms with Gasteiger partial charge in [0.1, 0.15) is 5.69 Å². The van der Waals surface area contributed by atoms with Crippen molar-refractivity contribution in [3.63, 3.8) is 0 Å². The Hall–Kier alpha value is -0.740. The average molecular weight is 240 g/mol. The number of alkyl halides is 3. The van der Waals surface area contributed by atoms with Crippen LogP contribution in [0.4, 0.5) is 18.9 Å². The quantitative estimate of drug-likeness (QED) is 0.601. The van der Waals surface area contributed by atoms with Crippen LogP contribution in [0.1, 0.15) is 5.56 Å². The smallest absolute Gasteiger partial charge is 0.416 e. The number of halogens is 4. The van der Waals surface area contributed by atoms with Crippen molar-refractivity contribution >= 4 is 5.69 Å². The lowest BCUT2D eigenvalue weighted by molar-refractivity contribution is -0.137. The van der Waals surface area contributed by atoms with Crippen molar-refractivity contribution in [2.45, 2.75) is 6.18 Å². The van der Waals surface area contributed by atoms with Crippen LogP contribution in [0, 0.1) is 0 Å². The van der Waals surface area contributed by atoms with E-state index in [9.17, 15) is 13.2 Å². The first-order valence-corrected chi connectivity index (χ1v) is 4.20. The molecule has 0 heterocycles. The summed E-state index contributed by atoms with van der Waals surface area (Å²) in [5, 5.41) is 0. The second kappa shape index (κ2) is 4.41. The highest BCUT2D eigenvalue weighted by Crippen LogP contribution is 2.32. The van der Waals surface area contributed by atoms with Crippen molar-refractivity contribution in [2.24, 2.45) is 0 Å². The standard InChI is InChI=1S/C10H13F3N.ClH/c1-14(2,3)9-6-4-5-8(7-9)10(11,12)13;/h4-7H,1-3H3;1H/q+1;/p-1. The maximum atomic E-state index is 12.3. The summed E-state index contributed by atoms with van der Waals surface area (Å²) in [6.07, 6.45) is -4.26. The maximum Gasteiger partial charge on any atom is 0.416 e. The summed E-state index contributed by atoms with van der Waals surface area (Å²) < 4.78 is 37.4. The minimum Gasteiger partial charge on any atom is -1.00 e. The van der Waals surface area contributed by atoms with Gasteiger partial charge in [0.05, 0.1) is 26.7 Å². The summed E-state index contributed by atoms with van der Waals surface area (Å²) in [6.45, 7) is 0. The summed E-state index contributed by atoms with van der Waals surface area (Å²) in [5.41, 5.74) is 0.0443. The van der Waals surface area contributed by atoms with Crippen molar-refractivity contribution in [3.05, 3.63) is 29.8 Å². The second-order valence-electron chi connectivity index (χ2n) is 4.06. The van der Waals surface area contributed by atoms with Gasteiger partial charge in [0, 0.05) is 6.07 Å². The molecule has 1 aromatic carbocycles. The van der Waals surface area contributed by atoms with E-state index in [0.717, 1.165) is 6.07 Å². The lowest BCUT2D eigenvalue weighted by Gasteiger charge is -2.24. The van der Waals surface area contributed by atoms with Crippen LogP contribution in [0.2, 0.25) is 0 Å². The van der Waals surface area contributed by atoms with Gasteiger partial charge >= 0.3 is 6.18 Å². The summed E-state index contributed by atoms with van der Waals surface area (Å²) in [5.74, 6) is 0. The Balaban J connectivity index is 0.00000196. The molecule has 0 atom stereocenters. The van der Waals surface area contributed by atoms with Crippen LogP contribution >= 0.6 is 0 Å². The molecule has 1 rings (SSSR count). The van der Waals surface area contributed by atoms with Gasteiger partial charge in [-0.2, -0.15) is 13.2 Å². The number of hydrogen-bond donors (Lipinski definition) is 0. The van der Waals surface area contributed by atoms with Crippen molar-refractivity contribution in [1.29, 1.82) is 0 Å². The molecule has 0 bridgehead atoms. The first-order chi connectivity index (χ1) is 6.21. The fraction of sp³-hybridized carbons (Fsp3) is 0.400. The number of rotatable bonds is 1. The van der Waals surface area contributed by atoms with E-state index < -0.39 is 11.7 Å². The van der Waals surface area contributed by atoms with Gasteiger partial charge in [0.15, 0.2) is 0 Å². The maximum absolute atomic E-state index is 12.3. The molecular weight excluding hydrogens is 227 g/mol. The predicted octanol–water partition coefficient (Wildman–Crippen LogP) is -0.0939. The minimum atomic E-state index is -4.26. The molecule has 0 aliphatic carbocycles. The predicted molar refractivity (Wildman–Crippen MR) is 51.0 cm³/mol. The molecule has 5 heteroatoms. The molecular formula is C10H13ClF3N. The van der Waals surface area contributed by atoms with E-state index in [2.05, 4.69) is 0 Å². The Morgan fingerprint density at radius 1 is 1.07 bits per heavy atom. The molecule has 0 radical (unpaired) electrons. The lowest BCUT2D eigenvalue weighted by atomic mass is 10.2. The van der Waals surface area contributed by atoms with E-state index in [1.54, 1.807) is 6.07 Å². The minimum absolute atomic E-state index is 0. The number of nitrogens with zero attached hydrogens (tertiary/aromatic N) is 1. The topological polar surface area (TPSA) is 0 Å². The van der Waals surface area contributed by atoms with Gasteiger partial charge in [-0.05, 0) is 12.1 Å². The Labute approximate surface area is 93.5 Å². The molecule has 0 aliphatic heterocycles. The molecule has 1 aromatic rings. The van der Waals surface area contributed by atoms with Crippen molar-refractivity contribution < 1.29 is 25.6 Å². The van der Waals surface area contributed by atoms with Crippen molar-refractivity contribution in [3.8, 4) is 0 Å². The Morgan fingerprint density at radius 3 is 2.00 bits per heavy atom. The largest absolute Gasteiger partial charge is 1.00 e. The molecule has 0 saturated carbocycles. The van der Waals surface area contributed by atoms with Gasteiger partial charge in [0.2, 0.25) is 0 Å². The molecule has 1 nitrogen and oxygen atoms in total. The summed E-state index contributed by atoms with van der Waals surface area (Å²) in [7, 11) is 5.49. The second-order valence-corrected chi connectivity index (χ2v) is 4.06. The third kappa shape index (κ3) is 3.72. The van der Waals surface area contributed by atoms with Crippen LogP contribution in [-0.4, -0.2) is 21.1 Å². The zero-order chi connectivity index (χ0) is 11.0. The molecule has 86 valence electrons. The Morgan fingerprint density at radius 2 is 1.60 bits per heavy atom. The zero-order valence-electron chi connectivity index (χ0n) is 8.77. The Kier molecular flexibility index (Phi) is 4.19. The van der Waals surface area contributed by atoms with Crippen LogP contribution in [0.3, 0.4) is 0 Å². The molecule has 0 amide bonds. The molecule has 0 aliphatic rings. The van der Waals surface area contributed by atoms with Gasteiger partial charge in [-0.1, -0.05) is 6.07 Å². The van der Waals surface area contributed by atoms with Crippen molar-refractivity contribution in [2.75, 3.05) is 21.1 Å². The van der Waals surface area contributed by atoms with E-state index >= 15 is 0 Å². The molecule has 0 N–H and O–H groups in total. The summed E-state index contributed by atoms with van der Waals surface area (Å²) in [6, 6.07) is 5.38. The highest BCUT2D eigenvalue weighted by Gasteiger charge is 2.31. The van der Waals surface area contributed by atoms with E-state index in [0.29, 0.717) is 10.2 Å². The fourth-order valence-corrected chi connectivity index (χ4v) is 1.10. The normalized spacial score (nSPS) is 12.1. The molecule has 0 unspecified atom stereocenters. The van der Waals surface area contributed by atoms with Gasteiger partial charge < -0.3 is 12.4 Å². The van der Waals surface area contributed by atoms with Gasteiger partial charge in [0.25, 0.3) is 0 Å². The molecule has 0 spiro atoms. The summed E-state index contributed by atoms with van der Waals surface area (Å²) in [4.78, 5) is 0.